The minimum atomic E-state index is -0.777. The lowest BCUT2D eigenvalue weighted by molar-refractivity contribution is -0.290. The molecule has 2 atom stereocenters. The van der Waals surface area contributed by atoms with Crippen molar-refractivity contribution in [2.45, 2.75) is 64.4 Å². The van der Waals surface area contributed by atoms with Crippen molar-refractivity contribution in [2.75, 3.05) is 0 Å². The van der Waals surface area contributed by atoms with Crippen molar-refractivity contribution in [3.8, 4) is 0 Å². The molecule has 0 bridgehead atoms. The second kappa shape index (κ2) is 5.55. The largest absolute Gasteiger partial charge is 0.347 e. The van der Waals surface area contributed by atoms with E-state index in [9.17, 15) is 9.59 Å². The molecule has 1 aliphatic heterocycles. The van der Waals surface area contributed by atoms with Crippen LogP contribution < -0.4 is 0 Å². The normalized spacial score (nSPS) is 28.7. The smallest absolute Gasteiger partial charge is 0.164 e. The number of Topliss-reactive ketones (excluding diaryl/α,β-unsaturated/α-hetero) is 1. The number of ether oxygens (including phenoxy) is 2. The van der Waals surface area contributed by atoms with Gasteiger partial charge in [-0.3, -0.25) is 4.79 Å². The molecule has 1 aliphatic rings. The first-order chi connectivity index (χ1) is 7.46. The Morgan fingerprint density at radius 1 is 1.44 bits per heavy atom. The van der Waals surface area contributed by atoms with E-state index in [-0.39, 0.29) is 11.9 Å². The van der Waals surface area contributed by atoms with Gasteiger partial charge in [-0.2, -0.15) is 0 Å². The Morgan fingerprint density at radius 3 is 2.69 bits per heavy atom. The Bertz CT molecular complexity index is 260. The lowest BCUT2D eigenvalue weighted by atomic mass is 10.0. The molecule has 0 aromatic heterocycles. The Balaban J connectivity index is 2.53. The molecule has 0 aliphatic carbocycles. The van der Waals surface area contributed by atoms with Crippen LogP contribution in [0, 0.1) is 0 Å². The maximum absolute atomic E-state index is 11.5. The summed E-state index contributed by atoms with van der Waals surface area (Å²) in [6, 6.07) is 0. The summed E-state index contributed by atoms with van der Waals surface area (Å²) in [4.78, 5) is 22.2. The number of hydrogen-bond donors (Lipinski definition) is 0. The molecule has 0 saturated carbocycles. The first kappa shape index (κ1) is 13.3. The quantitative estimate of drug-likeness (QED) is 0.674. The molecule has 16 heavy (non-hydrogen) atoms. The van der Waals surface area contributed by atoms with Crippen LogP contribution >= 0.6 is 0 Å². The third-order valence-corrected chi connectivity index (χ3v) is 2.52. The molecule has 0 radical (unpaired) electrons. The van der Waals surface area contributed by atoms with E-state index in [1.54, 1.807) is 13.8 Å². The highest BCUT2D eigenvalue weighted by atomic mass is 16.7. The van der Waals surface area contributed by atoms with Gasteiger partial charge in [0, 0.05) is 19.3 Å². The minimum Gasteiger partial charge on any atom is -0.347 e. The van der Waals surface area contributed by atoms with Gasteiger partial charge in [0.1, 0.15) is 18.2 Å². The summed E-state index contributed by atoms with van der Waals surface area (Å²) in [5.41, 5.74) is 0. The fraction of sp³-hybridized carbons (Fsp3) is 0.833. The first-order valence-corrected chi connectivity index (χ1v) is 5.79. The van der Waals surface area contributed by atoms with Gasteiger partial charge in [0.05, 0.1) is 6.10 Å². The Labute approximate surface area is 96.3 Å². The number of aldehydes is 1. The first-order valence-electron chi connectivity index (χ1n) is 5.79. The summed E-state index contributed by atoms with van der Waals surface area (Å²) in [6.45, 7) is 5.50. The average molecular weight is 228 g/mol. The summed E-state index contributed by atoms with van der Waals surface area (Å²) in [5, 5.41) is 0. The molecule has 0 aromatic rings. The van der Waals surface area contributed by atoms with E-state index in [2.05, 4.69) is 0 Å². The zero-order chi connectivity index (χ0) is 12.2. The van der Waals surface area contributed by atoms with Crippen molar-refractivity contribution in [1.29, 1.82) is 0 Å². The van der Waals surface area contributed by atoms with Crippen LogP contribution in [0.15, 0.2) is 0 Å². The summed E-state index contributed by atoms with van der Waals surface area (Å²) < 4.78 is 11.0. The Kier molecular flexibility index (Phi) is 4.62. The number of rotatable bonds is 5. The summed E-state index contributed by atoms with van der Waals surface area (Å²) in [6.07, 6.45) is 2.41. The summed E-state index contributed by atoms with van der Waals surface area (Å²) >= 11 is 0. The van der Waals surface area contributed by atoms with E-state index in [1.807, 2.05) is 6.92 Å². The van der Waals surface area contributed by atoms with Crippen LogP contribution in [0.1, 0.15) is 46.5 Å². The Morgan fingerprint density at radius 2 is 2.12 bits per heavy atom. The molecule has 0 N–H and O–H groups in total. The Hall–Kier alpha value is -0.740. The molecule has 1 saturated heterocycles. The van der Waals surface area contributed by atoms with Crippen molar-refractivity contribution < 1.29 is 19.1 Å². The second-order valence-electron chi connectivity index (χ2n) is 4.66. The molecular weight excluding hydrogens is 208 g/mol. The standard InChI is InChI=1S/C12H20O4/c1-4-5-9(14)6-10-7-11(8-13)16-12(2,3)15-10/h8,10-11H,4-7H2,1-3H3. The topological polar surface area (TPSA) is 52.6 Å². The van der Waals surface area contributed by atoms with Gasteiger partial charge in [0.2, 0.25) is 0 Å². The lowest BCUT2D eigenvalue weighted by Gasteiger charge is -2.38. The van der Waals surface area contributed by atoms with E-state index in [1.165, 1.54) is 0 Å². The predicted octanol–water partition coefficient (Wildman–Crippen LogP) is 1.85. The van der Waals surface area contributed by atoms with Gasteiger partial charge in [-0.1, -0.05) is 6.92 Å². The molecular formula is C12H20O4. The van der Waals surface area contributed by atoms with Gasteiger partial charge in [0.15, 0.2) is 5.79 Å². The molecule has 92 valence electrons. The lowest BCUT2D eigenvalue weighted by Crippen LogP contribution is -2.45. The highest BCUT2D eigenvalue weighted by Crippen LogP contribution is 2.27. The van der Waals surface area contributed by atoms with E-state index in [0.29, 0.717) is 19.3 Å². The predicted molar refractivity (Wildman–Crippen MR) is 59.0 cm³/mol. The number of ketones is 1. The summed E-state index contributed by atoms with van der Waals surface area (Å²) in [5.74, 6) is -0.587. The number of carbonyl (C=O) groups is 2. The van der Waals surface area contributed by atoms with Gasteiger partial charge < -0.3 is 14.3 Å². The van der Waals surface area contributed by atoms with Crippen LogP contribution in [-0.2, 0) is 19.1 Å². The average Bonchev–Trinajstić information content (AvgIpc) is 2.15. The van der Waals surface area contributed by atoms with Crippen molar-refractivity contribution in [3.63, 3.8) is 0 Å². The molecule has 4 nitrogen and oxygen atoms in total. The fourth-order valence-corrected chi connectivity index (χ4v) is 1.99. The van der Waals surface area contributed by atoms with Gasteiger partial charge >= 0.3 is 0 Å². The molecule has 0 spiro atoms. The molecule has 0 aromatic carbocycles. The van der Waals surface area contributed by atoms with Crippen molar-refractivity contribution in [1.82, 2.24) is 0 Å². The van der Waals surface area contributed by atoms with Crippen LogP contribution in [0.4, 0.5) is 0 Å². The van der Waals surface area contributed by atoms with Gasteiger partial charge in [-0.25, -0.2) is 0 Å². The van der Waals surface area contributed by atoms with Crippen molar-refractivity contribution in [2.24, 2.45) is 0 Å². The monoisotopic (exact) mass is 228 g/mol. The van der Waals surface area contributed by atoms with Crippen LogP contribution in [0.5, 0.6) is 0 Å². The van der Waals surface area contributed by atoms with Crippen molar-refractivity contribution in [3.05, 3.63) is 0 Å². The minimum absolute atomic E-state index is 0.190. The summed E-state index contributed by atoms with van der Waals surface area (Å²) in [7, 11) is 0. The van der Waals surface area contributed by atoms with E-state index in [0.717, 1.165) is 12.7 Å². The van der Waals surface area contributed by atoms with Crippen molar-refractivity contribution >= 4 is 12.1 Å². The molecule has 1 fully saturated rings. The molecule has 2 unspecified atom stereocenters. The molecule has 4 heteroatoms. The number of hydrogen-bond acceptors (Lipinski definition) is 4. The SMILES string of the molecule is CCCC(=O)CC1CC(C=O)OC(C)(C)O1. The zero-order valence-corrected chi connectivity index (χ0v) is 10.2. The maximum atomic E-state index is 11.5. The molecule has 1 heterocycles. The molecule has 0 amide bonds. The van der Waals surface area contributed by atoms with Gasteiger partial charge in [0.25, 0.3) is 0 Å². The van der Waals surface area contributed by atoms with E-state index < -0.39 is 11.9 Å². The third kappa shape index (κ3) is 4.02. The number of carbonyl (C=O) groups excluding carboxylic acids is 2. The highest BCUT2D eigenvalue weighted by Gasteiger charge is 2.35. The van der Waals surface area contributed by atoms with E-state index >= 15 is 0 Å². The van der Waals surface area contributed by atoms with Crippen LogP contribution in [0.3, 0.4) is 0 Å². The van der Waals surface area contributed by atoms with Crippen LogP contribution in [-0.4, -0.2) is 30.1 Å². The van der Waals surface area contributed by atoms with Gasteiger partial charge in [-0.05, 0) is 20.3 Å². The zero-order valence-electron chi connectivity index (χ0n) is 10.2. The third-order valence-electron chi connectivity index (χ3n) is 2.52. The maximum Gasteiger partial charge on any atom is 0.164 e. The highest BCUT2D eigenvalue weighted by molar-refractivity contribution is 5.78. The van der Waals surface area contributed by atoms with E-state index in [4.69, 9.17) is 9.47 Å². The molecule has 1 rings (SSSR count). The van der Waals surface area contributed by atoms with Crippen LogP contribution in [0.25, 0.3) is 0 Å². The van der Waals surface area contributed by atoms with Crippen LogP contribution in [0.2, 0.25) is 0 Å². The van der Waals surface area contributed by atoms with Gasteiger partial charge in [-0.15, -0.1) is 0 Å². The second-order valence-corrected chi connectivity index (χ2v) is 4.66. The fourth-order valence-electron chi connectivity index (χ4n) is 1.99.